The zero-order valence-electron chi connectivity index (χ0n) is 17.0. The number of nitrogens with zero attached hydrogens (tertiary/aromatic N) is 1. The van der Waals surface area contributed by atoms with Crippen LogP contribution in [0.2, 0.25) is 0 Å². The summed E-state index contributed by atoms with van der Waals surface area (Å²) in [4.78, 5) is 25.6. The molecule has 3 rings (SSSR count). The molecule has 0 saturated carbocycles. The molecule has 0 radical (unpaired) electrons. The minimum absolute atomic E-state index is 0.218. The molecule has 0 spiro atoms. The Hall–Kier alpha value is -3.40. The number of methoxy groups -OCH3 is 1. The van der Waals surface area contributed by atoms with Crippen molar-refractivity contribution in [3.8, 4) is 5.69 Å². The fourth-order valence-electron chi connectivity index (χ4n) is 3.53. The first-order valence-corrected chi connectivity index (χ1v) is 9.61. The molecule has 3 aromatic rings. The molecule has 0 N–H and O–H groups in total. The summed E-state index contributed by atoms with van der Waals surface area (Å²) in [6.45, 7) is 3.86. The number of carbonyl (C=O) groups is 2. The maximum absolute atomic E-state index is 13.3. The van der Waals surface area contributed by atoms with Crippen LogP contribution in [-0.2, 0) is 9.53 Å². The van der Waals surface area contributed by atoms with Crippen LogP contribution >= 0.6 is 0 Å². The third kappa shape index (κ3) is 4.54. The molecule has 1 unspecified atom stereocenters. The summed E-state index contributed by atoms with van der Waals surface area (Å²) in [5.74, 6) is -1.60. The Morgan fingerprint density at radius 3 is 2.24 bits per heavy atom. The van der Waals surface area contributed by atoms with E-state index >= 15 is 0 Å². The van der Waals surface area contributed by atoms with Crippen molar-refractivity contribution < 1.29 is 14.3 Å². The summed E-state index contributed by atoms with van der Waals surface area (Å²) in [5.41, 5.74) is 4.32. The van der Waals surface area contributed by atoms with E-state index in [1.54, 1.807) is 0 Å². The molecule has 4 nitrogen and oxygen atoms in total. The minimum atomic E-state index is -0.871. The topological polar surface area (TPSA) is 48.3 Å². The third-order valence-corrected chi connectivity index (χ3v) is 4.99. The number of allylic oxidation sites excluding steroid dienone is 1. The van der Waals surface area contributed by atoms with Gasteiger partial charge in [0.05, 0.1) is 7.11 Å². The van der Waals surface area contributed by atoms with Gasteiger partial charge in [0.2, 0.25) is 0 Å². The normalized spacial score (nSPS) is 12.1. The number of para-hydroxylation sites is 1. The van der Waals surface area contributed by atoms with Crippen LogP contribution in [-0.4, -0.2) is 23.4 Å². The number of hydrogen-bond donors (Lipinski definition) is 0. The number of hydrogen-bond acceptors (Lipinski definition) is 3. The third-order valence-electron chi connectivity index (χ3n) is 4.99. The maximum atomic E-state index is 13.3. The van der Waals surface area contributed by atoms with Crippen molar-refractivity contribution in [2.45, 2.75) is 20.3 Å². The lowest BCUT2D eigenvalue weighted by Gasteiger charge is -2.13. The molecule has 0 fully saturated rings. The monoisotopic (exact) mass is 387 g/mol. The second-order valence-electron chi connectivity index (χ2n) is 6.94. The zero-order valence-corrected chi connectivity index (χ0v) is 17.0. The molecule has 29 heavy (non-hydrogen) atoms. The van der Waals surface area contributed by atoms with E-state index in [-0.39, 0.29) is 12.2 Å². The van der Waals surface area contributed by atoms with Gasteiger partial charge >= 0.3 is 5.97 Å². The standard InChI is InChI=1S/C25H25NO3/c1-18-17-23(19(2)26(18)21-14-8-5-9-15-21)24(27)22(25(28)29-3)16-10-13-20-11-6-4-7-12-20/h4-15,17,22H,16H2,1-3H3/b13-10+. The van der Waals surface area contributed by atoms with Crippen LogP contribution in [0.25, 0.3) is 11.8 Å². The van der Waals surface area contributed by atoms with Gasteiger partial charge in [-0.2, -0.15) is 0 Å². The molecule has 1 heterocycles. The van der Waals surface area contributed by atoms with Crippen molar-refractivity contribution in [1.82, 2.24) is 4.57 Å². The molecule has 0 aliphatic heterocycles. The predicted octanol–water partition coefficient (Wildman–Crippen LogP) is 5.17. The Bertz CT molecular complexity index is 1020. The van der Waals surface area contributed by atoms with E-state index < -0.39 is 11.9 Å². The van der Waals surface area contributed by atoms with Gasteiger partial charge in [-0.15, -0.1) is 0 Å². The zero-order chi connectivity index (χ0) is 20.8. The number of aryl methyl sites for hydroxylation is 1. The van der Waals surface area contributed by atoms with Gasteiger partial charge in [0, 0.05) is 22.6 Å². The first kappa shape index (κ1) is 20.3. The minimum Gasteiger partial charge on any atom is -0.468 e. The van der Waals surface area contributed by atoms with E-state index in [0.29, 0.717) is 5.56 Å². The van der Waals surface area contributed by atoms with Crippen molar-refractivity contribution >= 4 is 17.8 Å². The van der Waals surface area contributed by atoms with Gasteiger partial charge in [0.15, 0.2) is 5.78 Å². The van der Waals surface area contributed by atoms with Crippen molar-refractivity contribution in [3.05, 3.63) is 95.3 Å². The number of esters is 1. The fourth-order valence-corrected chi connectivity index (χ4v) is 3.53. The SMILES string of the molecule is COC(=O)C(C/C=C/c1ccccc1)C(=O)c1cc(C)n(-c2ccccc2)c1C. The first-order valence-electron chi connectivity index (χ1n) is 9.61. The Balaban J connectivity index is 1.89. The highest BCUT2D eigenvalue weighted by Crippen LogP contribution is 2.25. The van der Waals surface area contributed by atoms with Crippen molar-refractivity contribution in [3.63, 3.8) is 0 Å². The molecule has 1 aromatic heterocycles. The number of carbonyl (C=O) groups excluding carboxylic acids is 2. The number of rotatable bonds is 7. The van der Waals surface area contributed by atoms with E-state index in [1.165, 1.54) is 7.11 Å². The van der Waals surface area contributed by atoms with Crippen LogP contribution in [0.3, 0.4) is 0 Å². The molecule has 2 aromatic carbocycles. The van der Waals surface area contributed by atoms with Crippen molar-refractivity contribution in [1.29, 1.82) is 0 Å². The average Bonchev–Trinajstić information content (AvgIpc) is 3.05. The van der Waals surface area contributed by atoms with Gasteiger partial charge in [-0.1, -0.05) is 60.7 Å². The van der Waals surface area contributed by atoms with Gasteiger partial charge in [-0.3, -0.25) is 9.59 Å². The highest BCUT2D eigenvalue weighted by atomic mass is 16.5. The van der Waals surface area contributed by atoms with Crippen molar-refractivity contribution in [2.75, 3.05) is 7.11 Å². The van der Waals surface area contributed by atoms with Crippen LogP contribution in [0.1, 0.15) is 33.7 Å². The molecule has 0 saturated heterocycles. The Labute approximate surface area is 171 Å². The molecular formula is C25H25NO3. The molecule has 1 atom stereocenters. The number of Topliss-reactive ketones (excluding diaryl/α,β-unsaturated/α-hetero) is 1. The Morgan fingerprint density at radius 2 is 1.62 bits per heavy atom. The van der Waals surface area contributed by atoms with Crippen LogP contribution < -0.4 is 0 Å². The van der Waals surface area contributed by atoms with E-state index in [9.17, 15) is 9.59 Å². The lowest BCUT2D eigenvalue weighted by atomic mass is 9.94. The average molecular weight is 387 g/mol. The van der Waals surface area contributed by atoms with Gasteiger partial charge in [-0.25, -0.2) is 0 Å². The molecule has 148 valence electrons. The van der Waals surface area contributed by atoms with E-state index in [2.05, 4.69) is 0 Å². The van der Waals surface area contributed by atoms with Crippen LogP contribution in [0.4, 0.5) is 0 Å². The number of benzene rings is 2. The predicted molar refractivity (Wildman–Crippen MR) is 115 cm³/mol. The number of ketones is 1. The molecule has 4 heteroatoms. The first-order chi connectivity index (χ1) is 14.0. The Morgan fingerprint density at radius 1 is 1.00 bits per heavy atom. The maximum Gasteiger partial charge on any atom is 0.316 e. The smallest absolute Gasteiger partial charge is 0.316 e. The molecule has 0 bridgehead atoms. The summed E-state index contributed by atoms with van der Waals surface area (Å²) in [7, 11) is 1.32. The van der Waals surface area contributed by atoms with E-state index in [1.807, 2.05) is 97.3 Å². The second kappa shape index (κ2) is 9.20. The fraction of sp³-hybridized carbons (Fsp3) is 0.200. The summed E-state index contributed by atoms with van der Waals surface area (Å²) in [5, 5.41) is 0. The Kier molecular flexibility index (Phi) is 6.45. The number of aromatic nitrogens is 1. The quantitative estimate of drug-likeness (QED) is 0.319. The van der Waals surface area contributed by atoms with Crippen LogP contribution in [0, 0.1) is 19.8 Å². The summed E-state index contributed by atoms with van der Waals surface area (Å²) < 4.78 is 6.95. The van der Waals surface area contributed by atoms with Gasteiger partial charge < -0.3 is 9.30 Å². The van der Waals surface area contributed by atoms with Crippen LogP contribution in [0.5, 0.6) is 0 Å². The highest BCUT2D eigenvalue weighted by Gasteiger charge is 2.30. The summed E-state index contributed by atoms with van der Waals surface area (Å²) in [6, 6.07) is 21.5. The largest absolute Gasteiger partial charge is 0.468 e. The second-order valence-corrected chi connectivity index (χ2v) is 6.94. The van der Waals surface area contributed by atoms with Crippen LogP contribution in [0.15, 0.2) is 72.8 Å². The number of ether oxygens (including phenoxy) is 1. The van der Waals surface area contributed by atoms with Gasteiger partial charge in [-0.05, 0) is 44.0 Å². The molecule has 0 aliphatic carbocycles. The lowest BCUT2D eigenvalue weighted by molar-refractivity contribution is -0.143. The van der Waals surface area contributed by atoms with Crippen molar-refractivity contribution in [2.24, 2.45) is 5.92 Å². The van der Waals surface area contributed by atoms with E-state index in [4.69, 9.17) is 4.74 Å². The molecule has 0 aliphatic rings. The van der Waals surface area contributed by atoms with Gasteiger partial charge in [0.1, 0.15) is 5.92 Å². The molecule has 0 amide bonds. The highest BCUT2D eigenvalue weighted by molar-refractivity contribution is 6.09. The van der Waals surface area contributed by atoms with Gasteiger partial charge in [0.25, 0.3) is 0 Å². The lowest BCUT2D eigenvalue weighted by Crippen LogP contribution is -2.25. The van der Waals surface area contributed by atoms with E-state index in [0.717, 1.165) is 22.6 Å². The summed E-state index contributed by atoms with van der Waals surface area (Å²) in [6.07, 6.45) is 4.05. The molecular weight excluding hydrogens is 362 g/mol. The summed E-state index contributed by atoms with van der Waals surface area (Å²) >= 11 is 0.